The molecule has 0 saturated carbocycles. The van der Waals surface area contributed by atoms with Crippen LogP contribution < -0.4 is 0 Å². The minimum absolute atomic E-state index is 0.125. The number of aromatic hydroxyl groups is 1. The zero-order chi connectivity index (χ0) is 9.84. The molecule has 1 aromatic carbocycles. The van der Waals surface area contributed by atoms with E-state index in [9.17, 15) is 9.90 Å². The standard InChI is InChI=1S/C11H14O2/c1-3-10-9(7-8(2)12)5-4-6-11(10)13/h4-6,13H,3,7H2,1-2H3. The van der Waals surface area contributed by atoms with Gasteiger partial charge in [-0.25, -0.2) is 0 Å². The maximum absolute atomic E-state index is 10.9. The lowest BCUT2D eigenvalue weighted by Gasteiger charge is -2.07. The molecule has 0 heterocycles. The van der Waals surface area contributed by atoms with Gasteiger partial charge in [0.25, 0.3) is 0 Å². The van der Waals surface area contributed by atoms with E-state index >= 15 is 0 Å². The summed E-state index contributed by atoms with van der Waals surface area (Å²) in [6.45, 7) is 3.53. The molecular formula is C11H14O2. The highest BCUT2D eigenvalue weighted by atomic mass is 16.3. The maximum atomic E-state index is 10.9. The second kappa shape index (κ2) is 4.08. The van der Waals surface area contributed by atoms with Crippen LogP contribution in [-0.4, -0.2) is 10.9 Å². The third kappa shape index (κ3) is 2.31. The molecule has 2 nitrogen and oxygen atoms in total. The predicted octanol–water partition coefficient (Wildman–Crippen LogP) is 2.09. The van der Waals surface area contributed by atoms with Crippen molar-refractivity contribution < 1.29 is 9.90 Å². The van der Waals surface area contributed by atoms with Crippen molar-refractivity contribution in [2.75, 3.05) is 0 Å². The fraction of sp³-hybridized carbons (Fsp3) is 0.364. The van der Waals surface area contributed by atoms with Crippen molar-refractivity contribution in [1.29, 1.82) is 0 Å². The molecule has 1 aromatic rings. The van der Waals surface area contributed by atoms with Gasteiger partial charge in [0.2, 0.25) is 0 Å². The molecule has 0 aliphatic carbocycles. The molecule has 0 unspecified atom stereocenters. The lowest BCUT2D eigenvalue weighted by atomic mass is 10.00. The highest BCUT2D eigenvalue weighted by Gasteiger charge is 2.06. The van der Waals surface area contributed by atoms with Crippen LogP contribution in [0.5, 0.6) is 5.75 Å². The Bertz CT molecular complexity index is 316. The second-order valence-corrected chi connectivity index (χ2v) is 3.15. The molecule has 0 aromatic heterocycles. The summed E-state index contributed by atoms with van der Waals surface area (Å²) in [4.78, 5) is 10.9. The Kier molecular flexibility index (Phi) is 3.07. The molecule has 70 valence electrons. The van der Waals surface area contributed by atoms with E-state index in [0.717, 1.165) is 17.5 Å². The average Bonchev–Trinajstić information content (AvgIpc) is 2.03. The first-order valence-electron chi connectivity index (χ1n) is 4.44. The number of carbonyl (C=O) groups excluding carboxylic acids is 1. The van der Waals surface area contributed by atoms with Gasteiger partial charge in [-0.2, -0.15) is 0 Å². The SMILES string of the molecule is CCc1c(O)cccc1CC(C)=O. The van der Waals surface area contributed by atoms with Gasteiger partial charge < -0.3 is 5.11 Å². The number of hydrogen-bond donors (Lipinski definition) is 1. The average molecular weight is 178 g/mol. The number of phenolic OH excluding ortho intramolecular Hbond substituents is 1. The Balaban J connectivity index is 3.05. The number of benzene rings is 1. The first-order chi connectivity index (χ1) is 6.15. The number of Topliss-reactive ketones (excluding diaryl/α,β-unsaturated/α-hetero) is 1. The van der Waals surface area contributed by atoms with Gasteiger partial charge in [-0.1, -0.05) is 19.1 Å². The van der Waals surface area contributed by atoms with Gasteiger partial charge in [0.1, 0.15) is 11.5 Å². The maximum Gasteiger partial charge on any atom is 0.134 e. The van der Waals surface area contributed by atoms with Crippen LogP contribution in [0.2, 0.25) is 0 Å². The Morgan fingerprint density at radius 1 is 1.46 bits per heavy atom. The molecule has 0 bridgehead atoms. The van der Waals surface area contributed by atoms with Gasteiger partial charge in [0.15, 0.2) is 0 Å². The van der Waals surface area contributed by atoms with Gasteiger partial charge in [0.05, 0.1) is 0 Å². The molecule has 0 amide bonds. The Labute approximate surface area is 78.2 Å². The van der Waals surface area contributed by atoms with E-state index in [2.05, 4.69) is 0 Å². The van der Waals surface area contributed by atoms with Crippen LogP contribution in [0.4, 0.5) is 0 Å². The van der Waals surface area contributed by atoms with Gasteiger partial charge in [-0.15, -0.1) is 0 Å². The molecule has 0 radical (unpaired) electrons. The molecule has 1 N–H and O–H groups in total. The zero-order valence-electron chi connectivity index (χ0n) is 8.00. The summed E-state index contributed by atoms with van der Waals surface area (Å²) in [6, 6.07) is 5.31. The summed E-state index contributed by atoms with van der Waals surface area (Å²) >= 11 is 0. The normalized spacial score (nSPS) is 10.0. The van der Waals surface area contributed by atoms with Gasteiger partial charge in [-0.3, -0.25) is 4.79 Å². The summed E-state index contributed by atoms with van der Waals surface area (Å²) in [5.41, 5.74) is 1.83. The Morgan fingerprint density at radius 2 is 2.15 bits per heavy atom. The summed E-state index contributed by atoms with van der Waals surface area (Å²) in [7, 11) is 0. The van der Waals surface area contributed by atoms with Crippen LogP contribution in [0.25, 0.3) is 0 Å². The molecule has 1 rings (SSSR count). The minimum atomic E-state index is 0.125. The van der Waals surface area contributed by atoms with E-state index in [4.69, 9.17) is 0 Å². The highest BCUT2D eigenvalue weighted by Crippen LogP contribution is 2.21. The molecular weight excluding hydrogens is 164 g/mol. The third-order valence-corrected chi connectivity index (χ3v) is 2.04. The van der Waals surface area contributed by atoms with E-state index in [-0.39, 0.29) is 5.78 Å². The fourth-order valence-electron chi connectivity index (χ4n) is 1.46. The molecule has 13 heavy (non-hydrogen) atoms. The third-order valence-electron chi connectivity index (χ3n) is 2.04. The van der Waals surface area contributed by atoms with E-state index in [1.807, 2.05) is 13.0 Å². The lowest BCUT2D eigenvalue weighted by molar-refractivity contribution is -0.116. The first kappa shape index (κ1) is 9.78. The summed E-state index contributed by atoms with van der Waals surface area (Å²) in [5, 5.41) is 9.49. The second-order valence-electron chi connectivity index (χ2n) is 3.15. The Hall–Kier alpha value is -1.31. The van der Waals surface area contributed by atoms with Crippen LogP contribution in [0.3, 0.4) is 0 Å². The zero-order valence-corrected chi connectivity index (χ0v) is 8.00. The molecule has 0 atom stereocenters. The topological polar surface area (TPSA) is 37.3 Å². The highest BCUT2D eigenvalue weighted by molar-refractivity contribution is 5.78. The molecule has 0 fully saturated rings. The van der Waals surface area contributed by atoms with Crippen molar-refractivity contribution in [1.82, 2.24) is 0 Å². The summed E-state index contributed by atoms with van der Waals surface area (Å²) in [5.74, 6) is 0.418. The van der Waals surface area contributed by atoms with Crippen molar-refractivity contribution in [3.63, 3.8) is 0 Å². The van der Waals surface area contributed by atoms with Crippen molar-refractivity contribution >= 4 is 5.78 Å². The first-order valence-corrected chi connectivity index (χ1v) is 4.44. The van der Waals surface area contributed by atoms with E-state index in [1.165, 1.54) is 0 Å². The van der Waals surface area contributed by atoms with E-state index < -0.39 is 0 Å². The van der Waals surface area contributed by atoms with Crippen LogP contribution in [0.1, 0.15) is 25.0 Å². The van der Waals surface area contributed by atoms with Crippen molar-refractivity contribution in [2.45, 2.75) is 26.7 Å². The van der Waals surface area contributed by atoms with Crippen molar-refractivity contribution in [3.05, 3.63) is 29.3 Å². The number of ketones is 1. The van der Waals surface area contributed by atoms with Crippen molar-refractivity contribution in [2.24, 2.45) is 0 Å². The monoisotopic (exact) mass is 178 g/mol. The van der Waals surface area contributed by atoms with E-state index in [0.29, 0.717) is 12.2 Å². The smallest absolute Gasteiger partial charge is 0.134 e. The largest absolute Gasteiger partial charge is 0.508 e. The molecule has 0 spiro atoms. The molecule has 0 saturated heterocycles. The van der Waals surface area contributed by atoms with Gasteiger partial charge in [-0.05, 0) is 30.5 Å². The molecule has 0 aliphatic rings. The van der Waals surface area contributed by atoms with Crippen molar-refractivity contribution in [3.8, 4) is 5.75 Å². The molecule has 2 heteroatoms. The number of rotatable bonds is 3. The molecule has 0 aliphatic heterocycles. The summed E-state index contributed by atoms with van der Waals surface area (Å²) < 4.78 is 0. The van der Waals surface area contributed by atoms with Gasteiger partial charge >= 0.3 is 0 Å². The van der Waals surface area contributed by atoms with Crippen LogP contribution in [-0.2, 0) is 17.6 Å². The number of phenols is 1. The van der Waals surface area contributed by atoms with E-state index in [1.54, 1.807) is 19.1 Å². The van der Waals surface area contributed by atoms with Crippen LogP contribution >= 0.6 is 0 Å². The minimum Gasteiger partial charge on any atom is -0.508 e. The summed E-state index contributed by atoms with van der Waals surface area (Å²) in [6.07, 6.45) is 1.17. The fourth-order valence-corrected chi connectivity index (χ4v) is 1.46. The number of hydrogen-bond acceptors (Lipinski definition) is 2. The lowest BCUT2D eigenvalue weighted by Crippen LogP contribution is -2.00. The van der Waals surface area contributed by atoms with Crippen LogP contribution in [0.15, 0.2) is 18.2 Å². The quantitative estimate of drug-likeness (QED) is 0.769. The van der Waals surface area contributed by atoms with Crippen LogP contribution in [0, 0.1) is 0 Å². The van der Waals surface area contributed by atoms with Gasteiger partial charge in [0, 0.05) is 6.42 Å². The number of carbonyl (C=O) groups is 1. The Morgan fingerprint density at radius 3 is 2.69 bits per heavy atom. The predicted molar refractivity (Wildman–Crippen MR) is 51.9 cm³/mol.